The number of carbonyl (C=O) groups excluding carboxylic acids is 1. The molecule has 0 aliphatic carbocycles. The lowest BCUT2D eigenvalue weighted by molar-refractivity contribution is 0.0827. The summed E-state index contributed by atoms with van der Waals surface area (Å²) in [4.78, 5) is 13.4. The van der Waals surface area contributed by atoms with E-state index in [4.69, 9.17) is 11.6 Å². The largest absolute Gasteiger partial charge is 0.345 e. The number of hydrogen-bond donors (Lipinski definition) is 1. The van der Waals surface area contributed by atoms with Crippen LogP contribution in [0.15, 0.2) is 24.3 Å². The SMILES string of the molecule is CN(C)C(=O)c1ccc(C2=CCNCC2)c(Cl)c1. The number of nitrogens with one attached hydrogen (secondary N) is 1. The molecule has 4 heteroatoms. The molecule has 1 heterocycles. The Kier molecular flexibility index (Phi) is 4.04. The van der Waals surface area contributed by atoms with E-state index >= 15 is 0 Å². The zero-order valence-corrected chi connectivity index (χ0v) is 11.4. The number of benzene rings is 1. The summed E-state index contributed by atoms with van der Waals surface area (Å²) in [7, 11) is 3.47. The van der Waals surface area contributed by atoms with Crippen molar-refractivity contribution in [3.63, 3.8) is 0 Å². The van der Waals surface area contributed by atoms with Crippen LogP contribution in [0.2, 0.25) is 5.02 Å². The molecule has 0 atom stereocenters. The molecule has 1 amide bonds. The van der Waals surface area contributed by atoms with Gasteiger partial charge in [0.2, 0.25) is 0 Å². The lowest BCUT2D eigenvalue weighted by atomic mass is 9.99. The van der Waals surface area contributed by atoms with Crippen LogP contribution in [0.1, 0.15) is 22.3 Å². The minimum absolute atomic E-state index is 0.0252. The summed E-state index contributed by atoms with van der Waals surface area (Å²) in [5, 5.41) is 3.92. The van der Waals surface area contributed by atoms with Crippen molar-refractivity contribution in [1.29, 1.82) is 0 Å². The fraction of sp³-hybridized carbons (Fsp3) is 0.357. The van der Waals surface area contributed by atoms with Crippen LogP contribution in [0, 0.1) is 0 Å². The molecule has 1 aromatic carbocycles. The third kappa shape index (κ3) is 2.74. The molecule has 96 valence electrons. The van der Waals surface area contributed by atoms with E-state index in [1.165, 1.54) is 5.57 Å². The van der Waals surface area contributed by atoms with Crippen molar-refractivity contribution in [2.75, 3.05) is 27.2 Å². The Morgan fingerprint density at radius 2 is 2.17 bits per heavy atom. The molecule has 0 radical (unpaired) electrons. The van der Waals surface area contributed by atoms with Gasteiger partial charge < -0.3 is 10.2 Å². The Balaban J connectivity index is 2.30. The number of hydrogen-bond acceptors (Lipinski definition) is 2. The zero-order chi connectivity index (χ0) is 13.1. The minimum Gasteiger partial charge on any atom is -0.345 e. The maximum absolute atomic E-state index is 11.8. The molecule has 18 heavy (non-hydrogen) atoms. The number of amides is 1. The van der Waals surface area contributed by atoms with Gasteiger partial charge in [0.05, 0.1) is 0 Å². The van der Waals surface area contributed by atoms with Crippen LogP contribution in [-0.2, 0) is 0 Å². The molecular formula is C14H17ClN2O. The highest BCUT2D eigenvalue weighted by Gasteiger charge is 2.13. The zero-order valence-electron chi connectivity index (χ0n) is 10.7. The van der Waals surface area contributed by atoms with E-state index in [2.05, 4.69) is 11.4 Å². The van der Waals surface area contributed by atoms with Gasteiger partial charge in [-0.05, 0) is 36.2 Å². The van der Waals surface area contributed by atoms with Crippen LogP contribution < -0.4 is 5.32 Å². The summed E-state index contributed by atoms with van der Waals surface area (Å²) in [6, 6.07) is 5.53. The van der Waals surface area contributed by atoms with E-state index in [1.54, 1.807) is 25.1 Å². The highest BCUT2D eigenvalue weighted by Crippen LogP contribution is 2.28. The van der Waals surface area contributed by atoms with Gasteiger partial charge in [-0.2, -0.15) is 0 Å². The second kappa shape index (κ2) is 5.55. The van der Waals surface area contributed by atoms with E-state index in [0.717, 1.165) is 25.1 Å². The van der Waals surface area contributed by atoms with Crippen molar-refractivity contribution < 1.29 is 4.79 Å². The summed E-state index contributed by atoms with van der Waals surface area (Å²) < 4.78 is 0. The van der Waals surface area contributed by atoms with E-state index in [-0.39, 0.29) is 5.91 Å². The van der Waals surface area contributed by atoms with Crippen LogP contribution in [0.4, 0.5) is 0 Å². The third-order valence-corrected chi connectivity index (χ3v) is 3.34. The van der Waals surface area contributed by atoms with E-state index in [0.29, 0.717) is 10.6 Å². The summed E-state index contributed by atoms with van der Waals surface area (Å²) in [6.07, 6.45) is 3.12. The van der Waals surface area contributed by atoms with Crippen molar-refractivity contribution in [2.45, 2.75) is 6.42 Å². The average molecular weight is 265 g/mol. The number of nitrogens with zero attached hydrogens (tertiary/aromatic N) is 1. The molecule has 0 saturated carbocycles. The Hall–Kier alpha value is -1.32. The Morgan fingerprint density at radius 3 is 2.72 bits per heavy atom. The number of carbonyl (C=O) groups is 1. The Labute approximate surface area is 112 Å². The van der Waals surface area contributed by atoms with Crippen molar-refractivity contribution in [2.24, 2.45) is 0 Å². The first kappa shape index (κ1) is 13.1. The summed E-state index contributed by atoms with van der Waals surface area (Å²) in [6.45, 7) is 1.85. The van der Waals surface area contributed by atoms with Gasteiger partial charge in [-0.15, -0.1) is 0 Å². The predicted octanol–water partition coefficient (Wildman–Crippen LogP) is 2.42. The van der Waals surface area contributed by atoms with Gasteiger partial charge in [0.25, 0.3) is 5.91 Å². The smallest absolute Gasteiger partial charge is 0.253 e. The molecule has 1 aliphatic rings. The molecule has 0 spiro atoms. The monoisotopic (exact) mass is 264 g/mol. The lowest BCUT2D eigenvalue weighted by Gasteiger charge is -2.16. The Bertz CT molecular complexity index is 495. The second-order valence-electron chi connectivity index (χ2n) is 4.58. The van der Waals surface area contributed by atoms with Crippen molar-refractivity contribution in [3.05, 3.63) is 40.4 Å². The maximum atomic E-state index is 11.8. The molecule has 0 bridgehead atoms. The highest BCUT2D eigenvalue weighted by molar-refractivity contribution is 6.32. The molecular weight excluding hydrogens is 248 g/mol. The van der Waals surface area contributed by atoms with E-state index in [9.17, 15) is 4.79 Å². The molecule has 0 fully saturated rings. The second-order valence-corrected chi connectivity index (χ2v) is 4.98. The van der Waals surface area contributed by atoms with Crippen molar-refractivity contribution in [3.8, 4) is 0 Å². The topological polar surface area (TPSA) is 32.3 Å². The van der Waals surface area contributed by atoms with Gasteiger partial charge in [0.15, 0.2) is 0 Å². The first-order chi connectivity index (χ1) is 8.59. The molecule has 1 N–H and O–H groups in total. The van der Waals surface area contributed by atoms with Crippen LogP contribution in [0.25, 0.3) is 5.57 Å². The van der Waals surface area contributed by atoms with Gasteiger partial charge in [-0.1, -0.05) is 23.7 Å². The quantitative estimate of drug-likeness (QED) is 0.890. The van der Waals surface area contributed by atoms with Gasteiger partial charge in [-0.3, -0.25) is 4.79 Å². The highest BCUT2D eigenvalue weighted by atomic mass is 35.5. The summed E-state index contributed by atoms with van der Waals surface area (Å²) >= 11 is 6.28. The van der Waals surface area contributed by atoms with Crippen molar-refractivity contribution in [1.82, 2.24) is 10.2 Å². The summed E-state index contributed by atoms with van der Waals surface area (Å²) in [5.41, 5.74) is 2.92. The summed E-state index contributed by atoms with van der Waals surface area (Å²) in [5.74, 6) is -0.0252. The third-order valence-electron chi connectivity index (χ3n) is 3.03. The van der Waals surface area contributed by atoms with Gasteiger partial charge in [-0.25, -0.2) is 0 Å². The van der Waals surface area contributed by atoms with Gasteiger partial charge in [0.1, 0.15) is 0 Å². The van der Waals surface area contributed by atoms with Crippen LogP contribution >= 0.6 is 11.6 Å². The molecule has 0 aromatic heterocycles. The van der Waals surface area contributed by atoms with Crippen molar-refractivity contribution >= 4 is 23.1 Å². The van der Waals surface area contributed by atoms with Gasteiger partial charge >= 0.3 is 0 Å². The van der Waals surface area contributed by atoms with Gasteiger partial charge in [0, 0.05) is 31.2 Å². The predicted molar refractivity (Wildman–Crippen MR) is 74.9 cm³/mol. The van der Waals surface area contributed by atoms with E-state index < -0.39 is 0 Å². The first-order valence-electron chi connectivity index (χ1n) is 6.01. The minimum atomic E-state index is -0.0252. The molecule has 1 aliphatic heterocycles. The molecule has 2 rings (SSSR count). The van der Waals surface area contributed by atoms with Crippen LogP contribution in [0.5, 0.6) is 0 Å². The number of halogens is 1. The van der Waals surface area contributed by atoms with Crippen LogP contribution in [0.3, 0.4) is 0 Å². The maximum Gasteiger partial charge on any atom is 0.253 e. The Morgan fingerprint density at radius 1 is 1.39 bits per heavy atom. The normalized spacial score (nSPS) is 15.2. The average Bonchev–Trinajstić information content (AvgIpc) is 2.38. The first-order valence-corrected chi connectivity index (χ1v) is 6.38. The molecule has 1 aromatic rings. The molecule has 0 saturated heterocycles. The molecule has 0 unspecified atom stereocenters. The van der Waals surface area contributed by atoms with E-state index in [1.807, 2.05) is 12.1 Å². The number of rotatable bonds is 2. The lowest BCUT2D eigenvalue weighted by Crippen LogP contribution is -2.22. The standard InChI is InChI=1S/C14H17ClN2O/c1-17(2)14(18)11-3-4-12(13(15)9-11)10-5-7-16-8-6-10/h3-5,9,16H,6-8H2,1-2H3. The fourth-order valence-corrected chi connectivity index (χ4v) is 2.34. The van der Waals surface area contributed by atoms with Crippen LogP contribution in [-0.4, -0.2) is 38.0 Å². The molecule has 3 nitrogen and oxygen atoms in total. The fourth-order valence-electron chi connectivity index (χ4n) is 2.03.